The van der Waals surface area contributed by atoms with Gasteiger partial charge in [-0.2, -0.15) is 0 Å². The fraction of sp³-hybridized carbons (Fsp3) is 0.833. The summed E-state index contributed by atoms with van der Waals surface area (Å²) in [6, 6.07) is 0. The summed E-state index contributed by atoms with van der Waals surface area (Å²) < 4.78 is 11.3. The van der Waals surface area contributed by atoms with Crippen LogP contribution in [0.2, 0.25) is 0 Å². The quantitative estimate of drug-likeness (QED) is 0.622. The Hall–Kier alpha value is 0.250. The topological polar surface area (TPSA) is 34.1 Å². The molecular formula is C6H13O2PS. The molecule has 0 saturated heterocycles. The van der Waals surface area contributed by atoms with Crippen molar-refractivity contribution in [2.45, 2.75) is 13.3 Å². The second-order valence-corrected chi connectivity index (χ2v) is 8.63. The molecule has 0 N–H and O–H groups in total. The van der Waals surface area contributed by atoms with E-state index >= 15 is 0 Å². The molecule has 0 fully saturated rings. The number of carbonyl (C=O) groups is 1. The summed E-state index contributed by atoms with van der Waals surface area (Å²) in [6.07, 6.45) is 0.787. The standard InChI is InChI=1S/C6H13O2PS/c1-6(7)4-5-9(2,8)10-3/h4-5H2,1-3H3. The van der Waals surface area contributed by atoms with Gasteiger partial charge in [-0.3, -0.25) is 0 Å². The van der Waals surface area contributed by atoms with Gasteiger partial charge in [0.25, 0.3) is 0 Å². The van der Waals surface area contributed by atoms with Crippen LogP contribution in [0.25, 0.3) is 0 Å². The van der Waals surface area contributed by atoms with E-state index in [-0.39, 0.29) is 5.78 Å². The minimum atomic E-state index is -2.03. The molecule has 0 saturated carbocycles. The average Bonchev–Trinajstić information content (AvgIpc) is 1.85. The van der Waals surface area contributed by atoms with Gasteiger partial charge in [0.2, 0.25) is 0 Å². The average molecular weight is 180 g/mol. The van der Waals surface area contributed by atoms with Crippen molar-refractivity contribution in [3.63, 3.8) is 0 Å². The van der Waals surface area contributed by atoms with Crippen molar-refractivity contribution >= 4 is 23.5 Å². The summed E-state index contributed by atoms with van der Waals surface area (Å²) in [7, 11) is 0. The van der Waals surface area contributed by atoms with Crippen molar-refractivity contribution < 1.29 is 9.36 Å². The van der Waals surface area contributed by atoms with E-state index < -0.39 is 6.34 Å². The van der Waals surface area contributed by atoms with Crippen molar-refractivity contribution in [2.75, 3.05) is 19.1 Å². The molecule has 4 heteroatoms. The number of Topliss-reactive ketones (excluding diaryl/α,β-unsaturated/α-hetero) is 1. The maximum absolute atomic E-state index is 11.3. The monoisotopic (exact) mass is 180 g/mol. The van der Waals surface area contributed by atoms with Gasteiger partial charge in [0.1, 0.15) is 12.1 Å². The van der Waals surface area contributed by atoms with Crippen molar-refractivity contribution in [3.05, 3.63) is 0 Å². The zero-order valence-electron chi connectivity index (χ0n) is 6.59. The maximum atomic E-state index is 11.3. The van der Waals surface area contributed by atoms with Gasteiger partial charge in [-0.1, -0.05) is 11.4 Å². The van der Waals surface area contributed by atoms with Crippen LogP contribution in [0.3, 0.4) is 0 Å². The van der Waals surface area contributed by atoms with E-state index in [4.69, 9.17) is 0 Å². The van der Waals surface area contributed by atoms with Crippen LogP contribution in [0.1, 0.15) is 13.3 Å². The van der Waals surface area contributed by atoms with E-state index in [2.05, 4.69) is 0 Å². The van der Waals surface area contributed by atoms with Gasteiger partial charge >= 0.3 is 0 Å². The minimum absolute atomic E-state index is 0.121. The molecule has 0 aliphatic carbocycles. The Balaban J connectivity index is 3.68. The van der Waals surface area contributed by atoms with Crippen LogP contribution in [-0.4, -0.2) is 24.9 Å². The predicted octanol–water partition coefficient (Wildman–Crippen LogP) is 2.24. The number of rotatable bonds is 4. The van der Waals surface area contributed by atoms with E-state index in [0.29, 0.717) is 12.6 Å². The first-order valence-corrected chi connectivity index (χ1v) is 7.26. The predicted molar refractivity (Wildman–Crippen MR) is 47.2 cm³/mol. The Morgan fingerprint density at radius 3 is 2.40 bits per heavy atom. The Bertz CT molecular complexity index is 167. The van der Waals surface area contributed by atoms with Crippen LogP contribution in [0.4, 0.5) is 0 Å². The van der Waals surface area contributed by atoms with Crippen molar-refractivity contribution in [1.29, 1.82) is 0 Å². The number of carbonyl (C=O) groups excluding carboxylic acids is 1. The van der Waals surface area contributed by atoms with Gasteiger partial charge in [-0.15, -0.1) is 0 Å². The van der Waals surface area contributed by atoms with Gasteiger partial charge in [0.05, 0.1) is 0 Å². The smallest absolute Gasteiger partial charge is 0.136 e. The van der Waals surface area contributed by atoms with E-state index in [1.54, 1.807) is 6.66 Å². The Morgan fingerprint density at radius 2 is 2.10 bits per heavy atom. The van der Waals surface area contributed by atoms with E-state index in [1.807, 2.05) is 6.26 Å². The van der Waals surface area contributed by atoms with Crippen LogP contribution in [0.15, 0.2) is 0 Å². The van der Waals surface area contributed by atoms with Crippen LogP contribution < -0.4 is 0 Å². The first-order valence-electron chi connectivity index (χ1n) is 3.09. The molecule has 0 amide bonds. The Labute approximate surface area is 65.9 Å². The Kier molecular flexibility index (Phi) is 4.30. The molecule has 0 aliphatic rings. The largest absolute Gasteiger partial charge is 0.312 e. The number of hydrogen-bond acceptors (Lipinski definition) is 3. The van der Waals surface area contributed by atoms with Gasteiger partial charge in [-0.05, 0) is 19.8 Å². The summed E-state index contributed by atoms with van der Waals surface area (Å²) in [4.78, 5) is 10.5. The zero-order chi connectivity index (χ0) is 8.20. The molecule has 0 heterocycles. The SMILES string of the molecule is CSP(C)(=O)CCC(C)=O. The van der Waals surface area contributed by atoms with Crippen LogP contribution in [0, 0.1) is 0 Å². The molecular weight excluding hydrogens is 167 g/mol. The third kappa shape index (κ3) is 5.07. The fourth-order valence-electron chi connectivity index (χ4n) is 0.452. The van der Waals surface area contributed by atoms with Crippen molar-refractivity contribution in [2.24, 2.45) is 0 Å². The van der Waals surface area contributed by atoms with E-state index in [9.17, 15) is 9.36 Å². The van der Waals surface area contributed by atoms with E-state index in [0.717, 1.165) is 0 Å². The lowest BCUT2D eigenvalue weighted by atomic mass is 10.4. The fourth-order valence-corrected chi connectivity index (χ4v) is 2.18. The molecule has 10 heavy (non-hydrogen) atoms. The van der Waals surface area contributed by atoms with Gasteiger partial charge in [0.15, 0.2) is 0 Å². The highest BCUT2D eigenvalue weighted by Gasteiger charge is 2.12. The minimum Gasteiger partial charge on any atom is -0.312 e. The molecule has 0 aromatic rings. The molecule has 0 spiro atoms. The summed E-state index contributed by atoms with van der Waals surface area (Å²) in [6.45, 7) is 3.25. The molecule has 0 aromatic heterocycles. The molecule has 60 valence electrons. The normalized spacial score (nSPS) is 16.3. The summed E-state index contributed by atoms with van der Waals surface area (Å²) in [5.74, 6) is 0.121. The molecule has 0 aliphatic heterocycles. The van der Waals surface area contributed by atoms with Crippen LogP contribution in [-0.2, 0) is 9.36 Å². The number of ketones is 1. The maximum Gasteiger partial charge on any atom is 0.136 e. The molecule has 0 bridgehead atoms. The summed E-state index contributed by atoms with van der Waals surface area (Å²) in [5, 5.41) is 0. The molecule has 2 nitrogen and oxygen atoms in total. The molecule has 0 aromatic carbocycles. The Morgan fingerprint density at radius 1 is 1.60 bits per heavy atom. The van der Waals surface area contributed by atoms with Gasteiger partial charge in [-0.25, -0.2) is 0 Å². The third-order valence-corrected chi connectivity index (χ3v) is 5.93. The second kappa shape index (κ2) is 4.20. The first kappa shape index (κ1) is 10.2. The zero-order valence-corrected chi connectivity index (χ0v) is 8.30. The van der Waals surface area contributed by atoms with Crippen molar-refractivity contribution in [1.82, 2.24) is 0 Å². The van der Waals surface area contributed by atoms with Gasteiger partial charge < -0.3 is 9.36 Å². The lowest BCUT2D eigenvalue weighted by Crippen LogP contribution is -1.93. The molecule has 1 unspecified atom stereocenters. The van der Waals surface area contributed by atoms with Crippen LogP contribution >= 0.6 is 17.7 Å². The molecule has 0 radical (unpaired) electrons. The lowest BCUT2D eigenvalue weighted by molar-refractivity contribution is -0.116. The summed E-state index contributed by atoms with van der Waals surface area (Å²) >= 11 is 1.37. The van der Waals surface area contributed by atoms with Crippen molar-refractivity contribution in [3.8, 4) is 0 Å². The molecule has 0 rings (SSSR count). The summed E-state index contributed by atoms with van der Waals surface area (Å²) in [5.41, 5.74) is 0. The van der Waals surface area contributed by atoms with Crippen LogP contribution in [0.5, 0.6) is 0 Å². The van der Waals surface area contributed by atoms with Gasteiger partial charge in [0, 0.05) is 12.6 Å². The molecule has 1 atom stereocenters. The second-order valence-electron chi connectivity index (χ2n) is 2.37. The highest BCUT2D eigenvalue weighted by atomic mass is 32.7. The number of hydrogen-bond donors (Lipinski definition) is 0. The third-order valence-electron chi connectivity index (χ3n) is 1.26. The highest BCUT2D eigenvalue weighted by molar-refractivity contribution is 8.57. The first-order chi connectivity index (χ1) is 4.48. The van der Waals surface area contributed by atoms with E-state index in [1.165, 1.54) is 18.3 Å². The lowest BCUT2D eigenvalue weighted by Gasteiger charge is -2.06. The highest BCUT2D eigenvalue weighted by Crippen LogP contribution is 2.53.